The Bertz CT molecular complexity index is 901. The number of aliphatic hydroxyl groups excluding tert-OH is 1. The quantitative estimate of drug-likeness (QED) is 0.656. The van der Waals surface area contributed by atoms with E-state index in [0.717, 1.165) is 5.56 Å². The number of carboxylic acid groups (broad SMARTS) is 1. The Balaban J connectivity index is 2.16. The number of carbonyl (C=O) groups is 2. The summed E-state index contributed by atoms with van der Waals surface area (Å²) >= 11 is 12.2. The fraction of sp³-hybridized carbons (Fsp3) is 0.364. The zero-order valence-electron chi connectivity index (χ0n) is 16.4. The van der Waals surface area contributed by atoms with E-state index in [4.69, 9.17) is 27.9 Å². The third-order valence-corrected chi connectivity index (χ3v) is 5.74. The molecule has 1 unspecified atom stereocenters. The Hall–Kier alpha value is -2.12. The number of nitrogens with zero attached hydrogens (tertiary/aromatic N) is 1. The number of hydrogen-bond acceptors (Lipinski definition) is 4. The van der Waals surface area contributed by atoms with E-state index in [1.807, 2.05) is 13.0 Å². The van der Waals surface area contributed by atoms with Crippen molar-refractivity contribution in [2.75, 3.05) is 6.61 Å². The number of morpholine rings is 1. The van der Waals surface area contributed by atoms with Gasteiger partial charge in [0.05, 0.1) is 25.1 Å². The highest BCUT2D eigenvalue weighted by atomic mass is 35.5. The van der Waals surface area contributed by atoms with Crippen LogP contribution in [0, 0.1) is 0 Å². The lowest BCUT2D eigenvalue weighted by Gasteiger charge is -2.47. The highest BCUT2D eigenvalue weighted by Crippen LogP contribution is 2.44. The maximum Gasteiger partial charge on any atom is 0.306 e. The van der Waals surface area contributed by atoms with Gasteiger partial charge in [-0.25, -0.2) is 0 Å². The summed E-state index contributed by atoms with van der Waals surface area (Å²) in [6, 6.07) is 13.0. The van der Waals surface area contributed by atoms with Gasteiger partial charge in [0.2, 0.25) is 0 Å². The first-order valence-electron chi connectivity index (χ1n) is 9.66. The van der Waals surface area contributed by atoms with Crippen LogP contribution in [0.2, 0.25) is 10.0 Å². The Morgan fingerprint density at radius 1 is 1.13 bits per heavy atom. The number of aliphatic hydroxyl groups is 1. The van der Waals surface area contributed by atoms with Crippen molar-refractivity contribution in [3.8, 4) is 0 Å². The largest absolute Gasteiger partial charge is 0.481 e. The molecule has 0 aromatic heterocycles. The normalized spacial score (nSPS) is 22.7. The van der Waals surface area contributed by atoms with Gasteiger partial charge in [0, 0.05) is 10.0 Å². The molecule has 30 heavy (non-hydrogen) atoms. The van der Waals surface area contributed by atoms with Crippen molar-refractivity contribution < 1.29 is 24.5 Å². The molecule has 0 saturated carbocycles. The third-order valence-electron chi connectivity index (χ3n) is 5.25. The summed E-state index contributed by atoms with van der Waals surface area (Å²) in [5.74, 6) is -1.60. The summed E-state index contributed by atoms with van der Waals surface area (Å²) in [5.41, 5.74) is 1.47. The minimum Gasteiger partial charge on any atom is -0.481 e. The van der Waals surface area contributed by atoms with Crippen molar-refractivity contribution in [3.05, 3.63) is 69.7 Å². The third kappa shape index (κ3) is 4.78. The van der Waals surface area contributed by atoms with Crippen LogP contribution in [0.15, 0.2) is 48.5 Å². The molecule has 1 aliphatic heterocycles. The molecule has 3 rings (SSSR count). The predicted octanol–water partition coefficient (Wildman–Crippen LogP) is 4.25. The monoisotopic (exact) mass is 451 g/mol. The number of ether oxygens (including phenoxy) is 1. The van der Waals surface area contributed by atoms with Crippen LogP contribution in [0.1, 0.15) is 43.0 Å². The first-order valence-corrected chi connectivity index (χ1v) is 10.4. The van der Waals surface area contributed by atoms with Crippen LogP contribution in [0.4, 0.5) is 0 Å². The van der Waals surface area contributed by atoms with Gasteiger partial charge >= 0.3 is 5.97 Å². The SMILES string of the molecule is CCC(CO)N1C(=O)[C@H](CC(=O)O)O[C@@H](c2cccc(Cl)c2)[C@H]1c1ccc(Cl)cc1. The van der Waals surface area contributed by atoms with Gasteiger partial charge in [0.15, 0.2) is 0 Å². The Morgan fingerprint density at radius 3 is 2.40 bits per heavy atom. The maximum atomic E-state index is 13.3. The van der Waals surface area contributed by atoms with Gasteiger partial charge in [-0.3, -0.25) is 9.59 Å². The number of benzene rings is 2. The van der Waals surface area contributed by atoms with E-state index < -0.39 is 42.6 Å². The summed E-state index contributed by atoms with van der Waals surface area (Å²) in [4.78, 5) is 26.2. The first-order chi connectivity index (χ1) is 14.3. The Kier molecular flexibility index (Phi) is 7.36. The average Bonchev–Trinajstić information content (AvgIpc) is 2.71. The molecule has 4 atom stereocenters. The van der Waals surface area contributed by atoms with Crippen LogP contribution in [0.5, 0.6) is 0 Å². The van der Waals surface area contributed by atoms with Gasteiger partial charge < -0.3 is 19.8 Å². The molecule has 1 amide bonds. The fourth-order valence-electron chi connectivity index (χ4n) is 3.81. The predicted molar refractivity (Wildman–Crippen MR) is 114 cm³/mol. The number of rotatable bonds is 7. The van der Waals surface area contributed by atoms with E-state index in [1.54, 1.807) is 47.4 Å². The number of halogens is 2. The summed E-state index contributed by atoms with van der Waals surface area (Å²) in [7, 11) is 0. The first kappa shape index (κ1) is 22.6. The summed E-state index contributed by atoms with van der Waals surface area (Å²) < 4.78 is 6.07. The topological polar surface area (TPSA) is 87.1 Å². The number of aliphatic carboxylic acids is 1. The van der Waals surface area contributed by atoms with Crippen LogP contribution >= 0.6 is 23.2 Å². The van der Waals surface area contributed by atoms with Gasteiger partial charge in [-0.15, -0.1) is 0 Å². The molecule has 2 aromatic rings. The minimum atomic E-state index is -1.17. The molecule has 0 aliphatic carbocycles. The summed E-state index contributed by atoms with van der Waals surface area (Å²) in [6.07, 6.45) is -1.82. The second-order valence-corrected chi connectivity index (χ2v) is 8.06. The van der Waals surface area contributed by atoms with Crippen LogP contribution < -0.4 is 0 Å². The molecule has 1 aliphatic rings. The van der Waals surface area contributed by atoms with E-state index in [9.17, 15) is 19.8 Å². The molecule has 1 fully saturated rings. The van der Waals surface area contributed by atoms with E-state index in [2.05, 4.69) is 0 Å². The molecular formula is C22H23Cl2NO5. The molecule has 0 spiro atoms. The van der Waals surface area contributed by atoms with E-state index in [1.165, 1.54) is 0 Å². The highest BCUT2D eigenvalue weighted by Gasteiger charge is 2.46. The van der Waals surface area contributed by atoms with E-state index >= 15 is 0 Å². The van der Waals surface area contributed by atoms with Crippen LogP contribution in [-0.2, 0) is 14.3 Å². The van der Waals surface area contributed by atoms with Gasteiger partial charge in [-0.2, -0.15) is 0 Å². The molecule has 1 saturated heterocycles. The van der Waals surface area contributed by atoms with Crippen LogP contribution in [0.3, 0.4) is 0 Å². The lowest BCUT2D eigenvalue weighted by atomic mass is 9.89. The van der Waals surface area contributed by atoms with Gasteiger partial charge in [0.1, 0.15) is 12.2 Å². The van der Waals surface area contributed by atoms with Crippen LogP contribution in [0.25, 0.3) is 0 Å². The summed E-state index contributed by atoms with van der Waals surface area (Å²) in [6.45, 7) is 1.61. The molecule has 0 radical (unpaired) electrons. The van der Waals surface area contributed by atoms with Gasteiger partial charge in [0.25, 0.3) is 5.91 Å². The molecule has 1 heterocycles. The second-order valence-electron chi connectivity index (χ2n) is 7.18. The standard InChI is InChI=1S/C22H23Cl2NO5/c1-2-17(12-26)25-20(13-6-8-15(23)9-7-13)21(14-4-3-5-16(24)10-14)30-18(22(25)29)11-19(27)28/h3-10,17-18,20-21,26H,2,11-12H2,1H3,(H,27,28)/t17?,18-,20+,21-/m0/s1. The van der Waals surface area contributed by atoms with E-state index in [0.29, 0.717) is 22.0 Å². The lowest BCUT2D eigenvalue weighted by Crippen LogP contribution is -2.56. The minimum absolute atomic E-state index is 0.256. The molecule has 2 aromatic carbocycles. The van der Waals surface area contributed by atoms with E-state index in [-0.39, 0.29) is 6.61 Å². The second kappa shape index (κ2) is 9.79. The van der Waals surface area contributed by atoms with Crippen molar-refractivity contribution in [3.63, 3.8) is 0 Å². The number of carboxylic acids is 1. The maximum absolute atomic E-state index is 13.3. The molecule has 2 N–H and O–H groups in total. The summed E-state index contributed by atoms with van der Waals surface area (Å²) in [5, 5.41) is 20.3. The van der Waals surface area contributed by atoms with Crippen molar-refractivity contribution >= 4 is 35.1 Å². The average molecular weight is 452 g/mol. The zero-order valence-corrected chi connectivity index (χ0v) is 17.9. The Morgan fingerprint density at radius 2 is 1.83 bits per heavy atom. The fourth-order valence-corrected chi connectivity index (χ4v) is 4.14. The van der Waals surface area contributed by atoms with Crippen molar-refractivity contribution in [2.24, 2.45) is 0 Å². The molecule has 0 bridgehead atoms. The van der Waals surface area contributed by atoms with Gasteiger partial charge in [-0.05, 0) is 41.8 Å². The molecule has 8 heteroatoms. The molecule has 160 valence electrons. The van der Waals surface area contributed by atoms with Gasteiger partial charge in [-0.1, -0.05) is 54.4 Å². The smallest absolute Gasteiger partial charge is 0.306 e. The zero-order chi connectivity index (χ0) is 21.8. The molecular weight excluding hydrogens is 429 g/mol. The number of amides is 1. The van der Waals surface area contributed by atoms with Crippen molar-refractivity contribution in [1.82, 2.24) is 4.90 Å². The highest BCUT2D eigenvalue weighted by molar-refractivity contribution is 6.30. The molecule has 6 nitrogen and oxygen atoms in total. The number of carbonyl (C=O) groups excluding carboxylic acids is 1. The Labute approximate surface area is 185 Å². The van der Waals surface area contributed by atoms with Crippen molar-refractivity contribution in [1.29, 1.82) is 0 Å². The van der Waals surface area contributed by atoms with Crippen molar-refractivity contribution in [2.45, 2.75) is 44.1 Å². The number of hydrogen-bond donors (Lipinski definition) is 2. The lowest BCUT2D eigenvalue weighted by molar-refractivity contribution is -0.184. The van der Waals surface area contributed by atoms with Crippen LogP contribution in [-0.4, -0.2) is 45.7 Å².